The van der Waals surface area contributed by atoms with Crippen LogP contribution in [0.4, 0.5) is 0 Å². The topological polar surface area (TPSA) is 216 Å². The Kier molecular flexibility index (Phi) is 37.5. The van der Waals surface area contributed by atoms with Crippen molar-refractivity contribution < 1.29 is 52.2 Å². The van der Waals surface area contributed by atoms with Gasteiger partial charge in [-0.1, -0.05) is 18.0 Å². The zero-order valence-corrected chi connectivity index (χ0v) is 27.5. The van der Waals surface area contributed by atoms with Crippen LogP contribution in [0, 0.1) is 0 Å². The molecule has 270 valence electrons. The number of Topliss-reactive ketones (excluding diaryl/α,β-unsaturated/α-hetero) is 1. The first-order valence-corrected chi connectivity index (χ1v) is 16.1. The smallest absolute Gasteiger partial charge is 0.246 e. The maximum Gasteiger partial charge on any atom is 0.246 e. The maximum absolute atomic E-state index is 11.8. The lowest BCUT2D eigenvalue weighted by Gasteiger charge is -2.09. The predicted molar refractivity (Wildman–Crippen MR) is 170 cm³/mol. The summed E-state index contributed by atoms with van der Waals surface area (Å²) in [5.74, 6) is -0.343. The number of nitrogens with zero attached hydrogens (tertiary/aromatic N) is 3. The van der Waals surface area contributed by atoms with Crippen molar-refractivity contribution in [3.63, 3.8) is 0 Å². The van der Waals surface area contributed by atoms with Crippen LogP contribution in [0.25, 0.3) is 10.4 Å². The van der Waals surface area contributed by atoms with Crippen LogP contribution in [0.15, 0.2) is 5.11 Å². The molecule has 0 aromatic heterocycles. The van der Waals surface area contributed by atoms with E-state index in [0.717, 1.165) is 25.7 Å². The highest BCUT2D eigenvalue weighted by molar-refractivity contribution is 5.82. The summed E-state index contributed by atoms with van der Waals surface area (Å²) in [6.07, 6.45) is 4.01. The van der Waals surface area contributed by atoms with Crippen LogP contribution in [0.3, 0.4) is 0 Å². The Balaban J connectivity index is 3.18. The fourth-order valence-electron chi connectivity index (χ4n) is 3.37. The van der Waals surface area contributed by atoms with Gasteiger partial charge in [-0.25, -0.2) is 0 Å². The number of carbonyl (C=O) groups excluding carboxylic acids is 2. The summed E-state index contributed by atoms with van der Waals surface area (Å²) in [4.78, 5) is 26.1. The number of ether oxygens (including phenoxy) is 9. The third-order valence-corrected chi connectivity index (χ3v) is 5.70. The standard InChI is InChI=1S/C29H58N6O11/c30-5-3-1-2-4-6-33-29(37)27-46-26-28(36)25-32-7-9-38-11-13-40-15-17-42-19-21-44-23-24-45-22-20-43-18-16-41-14-12-39-10-8-34-35-31/h32H,1-27,30H2,(H,33,37). The summed E-state index contributed by atoms with van der Waals surface area (Å²) in [7, 11) is 0. The van der Waals surface area contributed by atoms with E-state index >= 15 is 0 Å². The normalized spacial score (nSPS) is 11.1. The fourth-order valence-corrected chi connectivity index (χ4v) is 3.37. The molecule has 0 fully saturated rings. The molecule has 0 rings (SSSR count). The lowest BCUT2D eigenvalue weighted by atomic mass is 10.2. The Morgan fingerprint density at radius 2 is 1.02 bits per heavy atom. The second-order valence-electron chi connectivity index (χ2n) is 9.61. The van der Waals surface area contributed by atoms with E-state index in [9.17, 15) is 9.59 Å². The Bertz CT molecular complexity index is 721. The number of hydrogen-bond donors (Lipinski definition) is 3. The van der Waals surface area contributed by atoms with Gasteiger partial charge in [-0.15, -0.1) is 0 Å². The van der Waals surface area contributed by atoms with Crippen molar-refractivity contribution in [3.05, 3.63) is 10.4 Å². The summed E-state index contributed by atoms with van der Waals surface area (Å²) in [5.41, 5.74) is 13.6. The van der Waals surface area contributed by atoms with Gasteiger partial charge in [0.25, 0.3) is 0 Å². The van der Waals surface area contributed by atoms with Gasteiger partial charge in [0, 0.05) is 24.5 Å². The lowest BCUT2D eigenvalue weighted by molar-refractivity contribution is -0.129. The Morgan fingerprint density at radius 3 is 1.50 bits per heavy atom. The molecule has 4 N–H and O–H groups in total. The highest BCUT2D eigenvalue weighted by Crippen LogP contribution is 1.96. The molecule has 0 saturated carbocycles. The third kappa shape index (κ3) is 38.2. The molecule has 1 amide bonds. The molecule has 46 heavy (non-hydrogen) atoms. The van der Waals surface area contributed by atoms with Crippen molar-refractivity contribution in [1.82, 2.24) is 10.6 Å². The van der Waals surface area contributed by atoms with Gasteiger partial charge >= 0.3 is 0 Å². The summed E-state index contributed by atoms with van der Waals surface area (Å²) >= 11 is 0. The third-order valence-electron chi connectivity index (χ3n) is 5.70. The van der Waals surface area contributed by atoms with Crippen molar-refractivity contribution >= 4 is 11.7 Å². The van der Waals surface area contributed by atoms with Crippen molar-refractivity contribution in [2.45, 2.75) is 25.7 Å². The average molecular weight is 667 g/mol. The first kappa shape index (κ1) is 44.0. The van der Waals surface area contributed by atoms with Gasteiger partial charge in [0.05, 0.1) is 112 Å². The van der Waals surface area contributed by atoms with Gasteiger partial charge in [-0.05, 0) is 24.9 Å². The molecule has 0 radical (unpaired) electrons. The average Bonchev–Trinajstić information content (AvgIpc) is 3.05. The van der Waals surface area contributed by atoms with Gasteiger partial charge < -0.3 is 59.0 Å². The minimum atomic E-state index is -0.215. The van der Waals surface area contributed by atoms with Gasteiger partial charge in [-0.2, -0.15) is 0 Å². The Labute approximate surface area is 273 Å². The van der Waals surface area contributed by atoms with Crippen LogP contribution >= 0.6 is 0 Å². The van der Waals surface area contributed by atoms with E-state index in [0.29, 0.717) is 132 Å². The highest BCUT2D eigenvalue weighted by Gasteiger charge is 2.05. The molecule has 0 bridgehead atoms. The number of nitrogens with one attached hydrogen (secondary N) is 2. The molecule has 0 aliphatic rings. The zero-order valence-electron chi connectivity index (χ0n) is 27.5. The van der Waals surface area contributed by atoms with E-state index in [1.807, 2.05) is 0 Å². The first-order chi connectivity index (χ1) is 22.7. The second kappa shape index (κ2) is 39.2. The van der Waals surface area contributed by atoms with Crippen molar-refractivity contribution in [3.8, 4) is 0 Å². The summed E-state index contributed by atoms with van der Waals surface area (Å²) in [5, 5.41) is 9.13. The largest absolute Gasteiger partial charge is 0.379 e. The van der Waals surface area contributed by atoms with Crippen LogP contribution < -0.4 is 16.4 Å². The van der Waals surface area contributed by atoms with Gasteiger partial charge in [0.1, 0.15) is 13.2 Å². The molecule has 0 spiro atoms. The molecule has 0 aromatic carbocycles. The van der Waals surface area contributed by atoms with Crippen LogP contribution in [-0.2, 0) is 52.2 Å². The van der Waals surface area contributed by atoms with E-state index in [2.05, 4.69) is 20.7 Å². The van der Waals surface area contributed by atoms with Crippen LogP contribution in [0.1, 0.15) is 25.7 Å². The molecule has 17 nitrogen and oxygen atoms in total. The number of amides is 1. The van der Waals surface area contributed by atoms with Crippen LogP contribution in [0.2, 0.25) is 0 Å². The van der Waals surface area contributed by atoms with Crippen molar-refractivity contribution in [2.75, 3.05) is 152 Å². The Hall–Kier alpha value is -1.99. The molecule has 0 saturated heterocycles. The zero-order chi connectivity index (χ0) is 33.4. The minimum Gasteiger partial charge on any atom is -0.379 e. The molecular weight excluding hydrogens is 608 g/mol. The maximum atomic E-state index is 11.8. The number of azide groups is 1. The molecule has 0 unspecified atom stereocenters. The van der Waals surface area contributed by atoms with Crippen LogP contribution in [0.5, 0.6) is 0 Å². The fraction of sp³-hybridized carbons (Fsp3) is 0.931. The van der Waals surface area contributed by atoms with E-state index in [1.165, 1.54) is 0 Å². The van der Waals surface area contributed by atoms with E-state index in [4.69, 9.17) is 53.9 Å². The molecule has 0 aliphatic carbocycles. The summed E-state index contributed by atoms with van der Waals surface area (Å²) in [6.45, 7) is 9.47. The summed E-state index contributed by atoms with van der Waals surface area (Å²) in [6, 6.07) is 0. The Morgan fingerprint density at radius 1 is 0.565 bits per heavy atom. The van der Waals surface area contributed by atoms with Crippen LogP contribution in [-0.4, -0.2) is 163 Å². The van der Waals surface area contributed by atoms with Gasteiger partial charge in [0.2, 0.25) is 5.91 Å². The summed E-state index contributed by atoms with van der Waals surface area (Å²) < 4.78 is 48.4. The lowest BCUT2D eigenvalue weighted by Crippen LogP contribution is -2.32. The highest BCUT2D eigenvalue weighted by atomic mass is 16.6. The molecule has 0 aliphatic heterocycles. The van der Waals surface area contributed by atoms with Gasteiger partial charge in [0.15, 0.2) is 5.78 Å². The number of nitrogens with two attached hydrogens (primary N) is 1. The van der Waals surface area contributed by atoms with Crippen molar-refractivity contribution in [2.24, 2.45) is 10.8 Å². The molecular formula is C29H58N6O11. The number of carbonyl (C=O) groups is 2. The number of rotatable bonds is 39. The number of ketones is 1. The van der Waals surface area contributed by atoms with E-state index in [1.54, 1.807) is 0 Å². The molecule has 17 heteroatoms. The predicted octanol–water partition coefficient (Wildman–Crippen LogP) is 0.240. The van der Waals surface area contributed by atoms with E-state index in [-0.39, 0.29) is 31.4 Å². The van der Waals surface area contributed by atoms with E-state index < -0.39 is 0 Å². The SMILES string of the molecule is [N-]=[N+]=NCCOCCOCCOCCOCCOCCOCCOCCOCCNCC(=O)COCC(=O)NCCCCCCN. The number of hydrogen-bond acceptors (Lipinski definition) is 14. The first-order valence-electron chi connectivity index (χ1n) is 16.1. The second-order valence-corrected chi connectivity index (χ2v) is 9.61. The minimum absolute atomic E-state index is 0.106. The van der Waals surface area contributed by atoms with Gasteiger partial charge in [-0.3, -0.25) is 9.59 Å². The quantitative estimate of drug-likeness (QED) is 0.0347. The monoisotopic (exact) mass is 666 g/mol. The molecule has 0 atom stereocenters. The molecule has 0 heterocycles. The number of unbranched alkanes of at least 4 members (excludes halogenated alkanes) is 3. The van der Waals surface area contributed by atoms with Crippen molar-refractivity contribution in [1.29, 1.82) is 0 Å². The molecule has 0 aromatic rings.